The van der Waals surface area contributed by atoms with E-state index in [0.717, 1.165) is 28.3 Å². The molecule has 0 aliphatic carbocycles. The lowest BCUT2D eigenvalue weighted by Gasteiger charge is -2.21. The fraction of sp³-hybridized carbons (Fsp3) is 0.160. The van der Waals surface area contributed by atoms with Crippen molar-refractivity contribution in [3.63, 3.8) is 0 Å². The zero-order chi connectivity index (χ0) is 22.8. The molecular weight excluding hydrogens is 420 g/mol. The molecule has 2 heterocycles. The predicted octanol–water partition coefficient (Wildman–Crippen LogP) is 4.96. The van der Waals surface area contributed by atoms with E-state index in [1.165, 1.54) is 0 Å². The highest BCUT2D eigenvalue weighted by molar-refractivity contribution is 6.30. The van der Waals surface area contributed by atoms with E-state index in [1.807, 2.05) is 74.5 Å². The van der Waals surface area contributed by atoms with E-state index in [0.29, 0.717) is 16.3 Å². The van der Waals surface area contributed by atoms with Gasteiger partial charge in [-0.2, -0.15) is 15.6 Å². The molecule has 0 amide bonds. The first kappa shape index (κ1) is 21.4. The van der Waals surface area contributed by atoms with Crippen molar-refractivity contribution in [3.05, 3.63) is 88.2 Å². The van der Waals surface area contributed by atoms with Crippen LogP contribution in [0.3, 0.4) is 0 Å². The Morgan fingerprint density at radius 3 is 2.44 bits per heavy atom. The molecule has 0 fully saturated rings. The summed E-state index contributed by atoms with van der Waals surface area (Å²) < 4.78 is 2.08. The first-order valence-corrected chi connectivity index (χ1v) is 10.5. The number of rotatable bonds is 4. The molecule has 7 heteroatoms. The van der Waals surface area contributed by atoms with E-state index >= 15 is 0 Å². The van der Waals surface area contributed by atoms with Crippen molar-refractivity contribution in [1.82, 2.24) is 4.57 Å². The molecule has 4 rings (SSSR count). The van der Waals surface area contributed by atoms with Crippen LogP contribution >= 0.6 is 11.6 Å². The van der Waals surface area contributed by atoms with Crippen LogP contribution in [0.2, 0.25) is 5.02 Å². The SMILES string of the molecule is Cc1cc(/C=C(/C#N)C2=NN(c3ccccc3)[C@@H](N)[C@H]2C#N)c(C)n1-c1cccc(Cl)c1. The normalized spacial score (nSPS) is 18.2. The van der Waals surface area contributed by atoms with Gasteiger partial charge >= 0.3 is 0 Å². The van der Waals surface area contributed by atoms with Crippen LogP contribution in [0.1, 0.15) is 17.0 Å². The number of nitrogens with zero attached hydrogens (tertiary/aromatic N) is 5. The second-order valence-electron chi connectivity index (χ2n) is 7.57. The monoisotopic (exact) mass is 440 g/mol. The summed E-state index contributed by atoms with van der Waals surface area (Å²) in [6.45, 7) is 3.98. The molecule has 2 atom stereocenters. The van der Waals surface area contributed by atoms with Crippen molar-refractivity contribution < 1.29 is 0 Å². The van der Waals surface area contributed by atoms with E-state index in [2.05, 4.69) is 21.8 Å². The molecule has 1 aliphatic heterocycles. The number of hydrogen-bond acceptors (Lipinski definition) is 5. The van der Waals surface area contributed by atoms with E-state index in [9.17, 15) is 10.5 Å². The van der Waals surface area contributed by atoms with Crippen LogP contribution in [0.15, 0.2) is 71.3 Å². The van der Waals surface area contributed by atoms with Gasteiger partial charge in [-0.25, -0.2) is 5.01 Å². The lowest BCUT2D eigenvalue weighted by molar-refractivity contribution is 0.624. The zero-order valence-corrected chi connectivity index (χ0v) is 18.5. The third-order valence-corrected chi connectivity index (χ3v) is 5.76. The summed E-state index contributed by atoms with van der Waals surface area (Å²) in [7, 11) is 0. The molecule has 0 saturated heterocycles. The summed E-state index contributed by atoms with van der Waals surface area (Å²) >= 11 is 6.18. The van der Waals surface area contributed by atoms with Gasteiger partial charge in [0.05, 0.1) is 23.0 Å². The Kier molecular flexibility index (Phi) is 5.83. The first-order chi connectivity index (χ1) is 15.4. The van der Waals surface area contributed by atoms with Gasteiger partial charge in [0.1, 0.15) is 18.2 Å². The Morgan fingerprint density at radius 2 is 1.78 bits per heavy atom. The minimum atomic E-state index is -0.725. The lowest BCUT2D eigenvalue weighted by atomic mass is 9.95. The van der Waals surface area contributed by atoms with Crippen LogP contribution in [0.5, 0.6) is 0 Å². The maximum atomic E-state index is 9.93. The van der Waals surface area contributed by atoms with Crippen molar-refractivity contribution in [2.24, 2.45) is 16.8 Å². The third kappa shape index (κ3) is 3.78. The zero-order valence-electron chi connectivity index (χ0n) is 17.7. The Bertz CT molecular complexity index is 1310. The van der Waals surface area contributed by atoms with Crippen molar-refractivity contribution in [1.29, 1.82) is 10.5 Å². The van der Waals surface area contributed by atoms with Gasteiger partial charge in [0.15, 0.2) is 0 Å². The highest BCUT2D eigenvalue weighted by Crippen LogP contribution is 2.30. The highest BCUT2D eigenvalue weighted by Gasteiger charge is 2.37. The van der Waals surface area contributed by atoms with Crippen molar-refractivity contribution in [3.8, 4) is 17.8 Å². The summed E-state index contributed by atoms with van der Waals surface area (Å²) in [5.41, 5.74) is 11.5. The van der Waals surface area contributed by atoms with Crippen molar-refractivity contribution in [2.75, 3.05) is 5.01 Å². The average Bonchev–Trinajstić information content (AvgIpc) is 3.27. The maximum absolute atomic E-state index is 9.93. The third-order valence-electron chi connectivity index (χ3n) is 5.53. The number of para-hydroxylation sites is 1. The summed E-state index contributed by atoms with van der Waals surface area (Å²) in [6.07, 6.45) is 1.10. The molecule has 158 valence electrons. The number of hydrogen-bond donors (Lipinski definition) is 1. The maximum Gasteiger partial charge on any atom is 0.127 e. The smallest absolute Gasteiger partial charge is 0.127 e. The van der Waals surface area contributed by atoms with Crippen LogP contribution in [0.4, 0.5) is 5.69 Å². The van der Waals surface area contributed by atoms with Crippen molar-refractivity contribution in [2.45, 2.75) is 20.0 Å². The number of anilines is 1. The minimum Gasteiger partial charge on any atom is -0.318 e. The molecule has 6 nitrogen and oxygen atoms in total. The molecule has 0 radical (unpaired) electrons. The second kappa shape index (κ2) is 8.72. The molecule has 0 saturated carbocycles. The fourth-order valence-electron chi connectivity index (χ4n) is 3.98. The molecule has 0 unspecified atom stereocenters. The van der Waals surface area contributed by atoms with Crippen LogP contribution in [-0.4, -0.2) is 16.4 Å². The lowest BCUT2D eigenvalue weighted by Crippen LogP contribution is -2.40. The Hall–Kier alpha value is -3.84. The summed E-state index contributed by atoms with van der Waals surface area (Å²) in [4.78, 5) is 0. The number of allylic oxidation sites excluding steroid dienone is 1. The number of halogens is 1. The Labute approximate surface area is 192 Å². The number of benzene rings is 2. The van der Waals surface area contributed by atoms with E-state index in [-0.39, 0.29) is 0 Å². The molecule has 2 N–H and O–H groups in total. The van der Waals surface area contributed by atoms with Crippen LogP contribution in [-0.2, 0) is 0 Å². The molecule has 2 aromatic carbocycles. The van der Waals surface area contributed by atoms with Gasteiger partial charge in [-0.3, -0.25) is 0 Å². The number of aryl methyl sites for hydroxylation is 1. The van der Waals surface area contributed by atoms with E-state index in [1.54, 1.807) is 11.1 Å². The van der Waals surface area contributed by atoms with Crippen LogP contribution in [0.25, 0.3) is 11.8 Å². The van der Waals surface area contributed by atoms with Gasteiger partial charge in [-0.1, -0.05) is 35.9 Å². The number of hydrazone groups is 1. The van der Waals surface area contributed by atoms with E-state index in [4.69, 9.17) is 17.3 Å². The van der Waals surface area contributed by atoms with E-state index < -0.39 is 12.1 Å². The molecular formula is C25H21ClN6. The number of aromatic nitrogens is 1. The van der Waals surface area contributed by atoms with Gasteiger partial charge in [0.2, 0.25) is 0 Å². The van der Waals surface area contributed by atoms with Gasteiger partial charge in [-0.15, -0.1) is 0 Å². The predicted molar refractivity (Wildman–Crippen MR) is 127 cm³/mol. The largest absolute Gasteiger partial charge is 0.318 e. The molecule has 1 aromatic heterocycles. The van der Waals surface area contributed by atoms with Gasteiger partial charge in [0.25, 0.3) is 0 Å². The molecule has 0 bridgehead atoms. The standard InChI is InChI=1S/C25H21ClN6/c1-16-11-18(17(2)31(16)22-10-6-7-20(26)13-22)12-19(14-27)24-23(15-28)25(29)32(30-24)21-8-4-3-5-9-21/h3-13,23,25H,29H2,1-2H3/b19-12-/t23-,25+/m0/s1. The van der Waals surface area contributed by atoms with Crippen LogP contribution < -0.4 is 10.7 Å². The molecule has 0 spiro atoms. The first-order valence-electron chi connectivity index (χ1n) is 10.1. The molecule has 1 aliphatic rings. The summed E-state index contributed by atoms with van der Waals surface area (Å²) in [5.74, 6) is -0.725. The van der Waals surface area contributed by atoms with Gasteiger partial charge in [0, 0.05) is 22.1 Å². The minimum absolute atomic E-state index is 0.316. The Balaban J connectivity index is 1.77. The van der Waals surface area contributed by atoms with Crippen molar-refractivity contribution >= 4 is 29.1 Å². The quantitative estimate of drug-likeness (QED) is 0.580. The van der Waals surface area contributed by atoms with Gasteiger partial charge in [-0.05, 0) is 61.9 Å². The summed E-state index contributed by atoms with van der Waals surface area (Å²) in [5, 5.41) is 26.5. The number of nitriles is 2. The topological polar surface area (TPSA) is 94.1 Å². The number of nitrogens with two attached hydrogens (primary N) is 1. The van der Waals surface area contributed by atoms with Crippen LogP contribution in [0, 0.1) is 42.4 Å². The highest BCUT2D eigenvalue weighted by atomic mass is 35.5. The Morgan fingerprint density at radius 1 is 1.06 bits per heavy atom. The average molecular weight is 441 g/mol. The summed E-state index contributed by atoms with van der Waals surface area (Å²) in [6, 6.07) is 23.4. The molecule has 3 aromatic rings. The molecule has 32 heavy (non-hydrogen) atoms. The van der Waals surface area contributed by atoms with Gasteiger partial charge < -0.3 is 10.3 Å². The second-order valence-corrected chi connectivity index (χ2v) is 8.01. The fourth-order valence-corrected chi connectivity index (χ4v) is 4.17.